The Morgan fingerprint density at radius 1 is 0.964 bits per heavy atom. The molecule has 3 nitrogen and oxygen atoms in total. The zero-order chi connectivity index (χ0) is 19.5. The van der Waals surface area contributed by atoms with Crippen LogP contribution in [0, 0.1) is 6.92 Å². The summed E-state index contributed by atoms with van der Waals surface area (Å²) in [5.74, 6) is 0.889. The number of carbonyl (C=O) groups is 1. The molecule has 4 heteroatoms. The van der Waals surface area contributed by atoms with E-state index in [9.17, 15) is 4.79 Å². The number of halogens is 1. The number of fused-ring (bicyclic) bond motifs is 1. The first kappa shape index (κ1) is 18.8. The Labute approximate surface area is 174 Å². The molecule has 0 aliphatic carbocycles. The van der Waals surface area contributed by atoms with Crippen LogP contribution < -0.4 is 4.74 Å². The van der Waals surface area contributed by atoms with E-state index in [1.807, 2.05) is 47.4 Å². The number of nitrogens with zero attached hydrogens (tertiary/aromatic N) is 1. The van der Waals surface area contributed by atoms with Gasteiger partial charge in [0, 0.05) is 28.7 Å². The summed E-state index contributed by atoms with van der Waals surface area (Å²) < 4.78 is 7.11. The van der Waals surface area contributed by atoms with Crippen LogP contribution in [-0.2, 0) is 19.6 Å². The Bertz CT molecular complexity index is 980. The highest BCUT2D eigenvalue weighted by Crippen LogP contribution is 2.29. The first-order valence-corrected chi connectivity index (χ1v) is 10.2. The highest BCUT2D eigenvalue weighted by atomic mass is 79.9. The second-order valence-corrected chi connectivity index (χ2v) is 8.08. The van der Waals surface area contributed by atoms with Gasteiger partial charge in [-0.05, 0) is 48.7 Å². The Morgan fingerprint density at radius 2 is 1.68 bits per heavy atom. The Hall–Kier alpha value is -2.59. The molecule has 0 N–H and O–H groups in total. The van der Waals surface area contributed by atoms with Gasteiger partial charge >= 0.3 is 0 Å². The van der Waals surface area contributed by atoms with Crippen molar-refractivity contribution in [2.24, 2.45) is 0 Å². The smallest absolute Gasteiger partial charge is 0.254 e. The molecule has 0 saturated carbocycles. The van der Waals surface area contributed by atoms with Gasteiger partial charge in [0.15, 0.2) is 0 Å². The summed E-state index contributed by atoms with van der Waals surface area (Å²) in [5, 5.41) is 0. The van der Waals surface area contributed by atoms with Crippen LogP contribution in [0.2, 0.25) is 0 Å². The summed E-state index contributed by atoms with van der Waals surface area (Å²) >= 11 is 3.45. The fourth-order valence-electron chi connectivity index (χ4n) is 3.48. The third kappa shape index (κ3) is 4.12. The average molecular weight is 436 g/mol. The van der Waals surface area contributed by atoms with Crippen molar-refractivity contribution in [1.29, 1.82) is 0 Å². The molecule has 142 valence electrons. The molecule has 1 amide bonds. The van der Waals surface area contributed by atoms with Gasteiger partial charge in [0.25, 0.3) is 5.91 Å². The van der Waals surface area contributed by atoms with Crippen LogP contribution >= 0.6 is 15.9 Å². The summed E-state index contributed by atoms with van der Waals surface area (Å²) in [6.45, 7) is 3.91. The molecule has 4 rings (SSSR count). The van der Waals surface area contributed by atoms with Gasteiger partial charge in [-0.15, -0.1) is 0 Å². The minimum Gasteiger partial charge on any atom is -0.489 e. The molecular weight excluding hydrogens is 414 g/mol. The summed E-state index contributed by atoms with van der Waals surface area (Å²) in [7, 11) is 0. The van der Waals surface area contributed by atoms with E-state index in [1.165, 1.54) is 5.56 Å². The van der Waals surface area contributed by atoms with E-state index in [2.05, 4.69) is 47.1 Å². The average Bonchev–Trinajstić information content (AvgIpc) is 2.71. The van der Waals surface area contributed by atoms with E-state index >= 15 is 0 Å². The molecule has 0 radical (unpaired) electrons. The largest absolute Gasteiger partial charge is 0.489 e. The molecule has 0 aromatic heterocycles. The first-order valence-electron chi connectivity index (χ1n) is 9.44. The minimum absolute atomic E-state index is 0.0740. The lowest BCUT2D eigenvalue weighted by Crippen LogP contribution is -2.37. The lowest BCUT2D eigenvalue weighted by molar-refractivity contribution is 0.0725. The van der Waals surface area contributed by atoms with E-state index in [1.54, 1.807) is 0 Å². The number of benzene rings is 3. The van der Waals surface area contributed by atoms with Crippen LogP contribution in [0.1, 0.15) is 32.6 Å². The summed E-state index contributed by atoms with van der Waals surface area (Å²) in [4.78, 5) is 14.9. The minimum atomic E-state index is 0.0740. The fraction of sp³-hybridized carbons (Fsp3) is 0.208. The normalized spacial score (nSPS) is 13.4. The molecule has 1 heterocycles. The van der Waals surface area contributed by atoms with Gasteiger partial charge < -0.3 is 9.64 Å². The predicted molar refractivity (Wildman–Crippen MR) is 115 cm³/mol. The standard InChI is InChI=1S/C24H22BrNO2/c1-17-5-7-19(8-6-17)16-28-23-4-2-3-22-21(23)13-14-26(24(22)27)15-18-9-11-20(25)12-10-18/h2-12H,13-16H2,1H3. The number of carbonyl (C=O) groups excluding carboxylic acids is 1. The van der Waals surface area contributed by atoms with Crippen molar-refractivity contribution in [2.45, 2.75) is 26.5 Å². The van der Waals surface area contributed by atoms with Gasteiger partial charge in [0.2, 0.25) is 0 Å². The van der Waals surface area contributed by atoms with E-state index < -0.39 is 0 Å². The number of hydrogen-bond acceptors (Lipinski definition) is 2. The highest BCUT2D eigenvalue weighted by Gasteiger charge is 2.26. The van der Waals surface area contributed by atoms with Gasteiger partial charge in [-0.3, -0.25) is 4.79 Å². The van der Waals surface area contributed by atoms with Crippen LogP contribution in [-0.4, -0.2) is 17.4 Å². The lowest BCUT2D eigenvalue weighted by atomic mass is 9.97. The molecule has 0 unspecified atom stereocenters. The van der Waals surface area contributed by atoms with Gasteiger partial charge in [-0.1, -0.05) is 64.0 Å². The second-order valence-electron chi connectivity index (χ2n) is 7.16. The van der Waals surface area contributed by atoms with E-state index in [0.717, 1.165) is 38.9 Å². The molecule has 28 heavy (non-hydrogen) atoms. The Balaban J connectivity index is 1.49. The number of ether oxygens (including phenoxy) is 1. The predicted octanol–water partition coefficient (Wildman–Crippen LogP) is 5.54. The molecule has 1 aliphatic rings. The molecule has 0 saturated heterocycles. The van der Waals surface area contributed by atoms with Crippen molar-refractivity contribution < 1.29 is 9.53 Å². The van der Waals surface area contributed by atoms with E-state index in [0.29, 0.717) is 19.7 Å². The first-order chi connectivity index (χ1) is 13.6. The molecule has 3 aromatic carbocycles. The van der Waals surface area contributed by atoms with Gasteiger partial charge in [0.05, 0.1) is 0 Å². The Morgan fingerprint density at radius 3 is 2.43 bits per heavy atom. The maximum Gasteiger partial charge on any atom is 0.254 e. The number of aryl methyl sites for hydroxylation is 1. The van der Waals surface area contributed by atoms with Crippen molar-refractivity contribution in [3.63, 3.8) is 0 Å². The van der Waals surface area contributed by atoms with E-state index in [-0.39, 0.29) is 5.91 Å². The van der Waals surface area contributed by atoms with Crippen molar-refractivity contribution in [1.82, 2.24) is 4.90 Å². The summed E-state index contributed by atoms with van der Waals surface area (Å²) in [6.07, 6.45) is 0.807. The molecule has 3 aromatic rings. The number of rotatable bonds is 5. The second kappa shape index (κ2) is 8.19. The van der Waals surface area contributed by atoms with Crippen LogP contribution in [0.15, 0.2) is 71.2 Å². The number of hydrogen-bond donors (Lipinski definition) is 0. The zero-order valence-electron chi connectivity index (χ0n) is 15.8. The van der Waals surface area contributed by atoms with Gasteiger partial charge in [0.1, 0.15) is 12.4 Å². The SMILES string of the molecule is Cc1ccc(COc2cccc3c2CCN(Cc2ccc(Br)cc2)C3=O)cc1. The monoisotopic (exact) mass is 435 g/mol. The van der Waals surface area contributed by atoms with Crippen LogP contribution in [0.4, 0.5) is 0 Å². The summed E-state index contributed by atoms with van der Waals surface area (Å²) in [6, 6.07) is 22.2. The topological polar surface area (TPSA) is 29.5 Å². The quantitative estimate of drug-likeness (QED) is 0.526. The van der Waals surface area contributed by atoms with Crippen LogP contribution in [0.3, 0.4) is 0 Å². The third-order valence-corrected chi connectivity index (χ3v) is 5.61. The van der Waals surface area contributed by atoms with Crippen molar-refractivity contribution in [3.8, 4) is 5.75 Å². The van der Waals surface area contributed by atoms with Crippen molar-refractivity contribution >= 4 is 21.8 Å². The molecule has 0 spiro atoms. The van der Waals surface area contributed by atoms with Crippen molar-refractivity contribution in [2.75, 3.05) is 6.54 Å². The lowest BCUT2D eigenvalue weighted by Gasteiger charge is -2.29. The highest BCUT2D eigenvalue weighted by molar-refractivity contribution is 9.10. The molecule has 0 fully saturated rings. The number of amides is 1. The molecule has 0 atom stereocenters. The van der Waals surface area contributed by atoms with Gasteiger partial charge in [-0.25, -0.2) is 0 Å². The Kier molecular flexibility index (Phi) is 5.49. The maximum atomic E-state index is 13.0. The fourth-order valence-corrected chi connectivity index (χ4v) is 3.75. The van der Waals surface area contributed by atoms with Crippen LogP contribution in [0.5, 0.6) is 5.75 Å². The summed E-state index contributed by atoms with van der Waals surface area (Å²) in [5.41, 5.74) is 5.27. The molecule has 0 bridgehead atoms. The third-order valence-electron chi connectivity index (χ3n) is 5.08. The zero-order valence-corrected chi connectivity index (χ0v) is 17.4. The maximum absolute atomic E-state index is 13.0. The molecule has 1 aliphatic heterocycles. The van der Waals surface area contributed by atoms with Crippen molar-refractivity contribution in [3.05, 3.63) is 99.0 Å². The molecular formula is C24H22BrNO2. The van der Waals surface area contributed by atoms with Crippen LogP contribution in [0.25, 0.3) is 0 Å². The van der Waals surface area contributed by atoms with Gasteiger partial charge in [-0.2, -0.15) is 0 Å². The van der Waals surface area contributed by atoms with E-state index in [4.69, 9.17) is 4.74 Å².